The van der Waals surface area contributed by atoms with Crippen LogP contribution in [0.5, 0.6) is 0 Å². The van der Waals surface area contributed by atoms with Gasteiger partial charge in [-0.15, -0.1) is 0 Å². The summed E-state index contributed by atoms with van der Waals surface area (Å²) >= 11 is 0. The molecule has 36 heavy (non-hydrogen) atoms. The van der Waals surface area contributed by atoms with E-state index in [2.05, 4.69) is 32.1 Å². The van der Waals surface area contributed by atoms with E-state index in [4.69, 9.17) is 5.26 Å². The first kappa shape index (κ1) is 24.2. The van der Waals surface area contributed by atoms with Gasteiger partial charge in [-0.1, -0.05) is 0 Å². The number of alkyl halides is 1. The molecule has 0 aromatic carbocycles. The number of anilines is 1. The van der Waals surface area contributed by atoms with Crippen molar-refractivity contribution in [2.24, 2.45) is 11.8 Å². The van der Waals surface area contributed by atoms with Gasteiger partial charge in [0.05, 0.1) is 52.1 Å². The molecule has 1 saturated heterocycles. The molecule has 188 valence electrons. The molecule has 1 aliphatic heterocycles. The zero-order valence-electron chi connectivity index (χ0n) is 20.3. The Labute approximate surface area is 208 Å². The number of carbonyl (C=O) groups excluding carboxylic acids is 1. The number of nitrogens with zero attached hydrogens (tertiary/aromatic N) is 4. The Morgan fingerprint density at radius 2 is 2.06 bits per heavy atom. The summed E-state index contributed by atoms with van der Waals surface area (Å²) in [7, 11) is 0. The number of hydrogen-bond acceptors (Lipinski definition) is 7. The lowest BCUT2D eigenvalue weighted by atomic mass is 10.0. The van der Waals surface area contributed by atoms with Crippen LogP contribution in [0, 0.1) is 23.2 Å². The molecule has 3 aromatic rings. The second-order valence-electron chi connectivity index (χ2n) is 10.3. The smallest absolute Gasteiger partial charge is 0.255 e. The molecule has 2 fully saturated rings. The van der Waals surface area contributed by atoms with Gasteiger partial charge in [0.1, 0.15) is 12.2 Å². The van der Waals surface area contributed by atoms with Crippen LogP contribution in [-0.2, 0) is 0 Å². The normalized spacial score (nSPS) is 22.2. The summed E-state index contributed by atoms with van der Waals surface area (Å²) < 4.78 is 16.0. The third-order valence-corrected chi connectivity index (χ3v) is 7.26. The summed E-state index contributed by atoms with van der Waals surface area (Å²) in [5, 5.41) is 33.0. The molecule has 0 unspecified atom stereocenters. The highest BCUT2D eigenvalue weighted by Crippen LogP contribution is 2.37. The molecule has 0 radical (unpaired) electrons. The van der Waals surface area contributed by atoms with Crippen molar-refractivity contribution < 1.29 is 14.3 Å². The van der Waals surface area contributed by atoms with Crippen LogP contribution in [0.1, 0.15) is 42.6 Å². The van der Waals surface area contributed by atoms with Crippen LogP contribution in [0.4, 0.5) is 10.1 Å². The van der Waals surface area contributed by atoms with Crippen molar-refractivity contribution in [2.75, 3.05) is 25.0 Å². The summed E-state index contributed by atoms with van der Waals surface area (Å²) in [6, 6.07) is 9.62. The van der Waals surface area contributed by atoms with Gasteiger partial charge in [0.25, 0.3) is 5.91 Å². The van der Waals surface area contributed by atoms with E-state index in [1.807, 2.05) is 18.2 Å². The van der Waals surface area contributed by atoms with Crippen molar-refractivity contribution >= 4 is 17.1 Å². The predicted molar refractivity (Wildman–Crippen MR) is 133 cm³/mol. The van der Waals surface area contributed by atoms with Gasteiger partial charge in [-0.3, -0.25) is 9.78 Å². The third kappa shape index (κ3) is 4.76. The summed E-state index contributed by atoms with van der Waals surface area (Å²) in [4.78, 5) is 17.6. The Bertz CT molecular complexity index is 1310. The zero-order chi connectivity index (χ0) is 25.4. The number of hydrogen-bond donors (Lipinski definition) is 4. The minimum Gasteiger partial charge on any atom is -0.387 e. The molecule has 4 atom stereocenters. The molecule has 2 aliphatic rings. The number of amides is 1. The quantitative estimate of drug-likeness (QED) is 0.400. The standard InChI is InChI=1S/C26H30FN7O2/c1-26(2,36)24(27)14-31-25(35)20-13-30-22(23-4-3-19-5-15(9-28)10-32-34(19)23)8-21(20)33-18-6-16-11-29-12-17(16)7-18/h3-5,8,10,13,16-18,24,29,36H,6-7,11-12,14H2,1-2H3,(H,30,33)(H,31,35)/t16-,17+,18-,24-/m1/s1. The fourth-order valence-electron chi connectivity index (χ4n) is 5.18. The molecule has 9 nitrogen and oxygen atoms in total. The molecular weight excluding hydrogens is 461 g/mol. The molecule has 1 saturated carbocycles. The molecule has 4 N–H and O–H groups in total. The minimum absolute atomic E-state index is 0.217. The lowest BCUT2D eigenvalue weighted by molar-refractivity contribution is -0.00177. The van der Waals surface area contributed by atoms with Gasteiger partial charge in [0, 0.05) is 12.2 Å². The second kappa shape index (κ2) is 9.48. The molecular formula is C26H30FN7O2. The molecule has 1 amide bonds. The molecule has 5 rings (SSSR count). The Balaban J connectivity index is 1.45. The van der Waals surface area contributed by atoms with Gasteiger partial charge in [-0.2, -0.15) is 10.4 Å². The van der Waals surface area contributed by atoms with Crippen LogP contribution in [0.15, 0.2) is 36.7 Å². The van der Waals surface area contributed by atoms with Gasteiger partial charge in [-0.05, 0) is 75.9 Å². The maximum atomic E-state index is 14.3. The molecule has 0 bridgehead atoms. The van der Waals surface area contributed by atoms with Gasteiger partial charge >= 0.3 is 0 Å². The van der Waals surface area contributed by atoms with E-state index in [0.29, 0.717) is 34.3 Å². The number of aliphatic hydroxyl groups is 1. The summed E-state index contributed by atoms with van der Waals surface area (Å²) in [5.74, 6) is 0.779. The Morgan fingerprint density at radius 1 is 1.31 bits per heavy atom. The summed E-state index contributed by atoms with van der Waals surface area (Å²) in [6.07, 6.45) is 3.40. The molecule has 1 aliphatic carbocycles. The first-order chi connectivity index (χ1) is 17.2. The van der Waals surface area contributed by atoms with Crippen LogP contribution in [0.3, 0.4) is 0 Å². The number of carbonyl (C=O) groups is 1. The van der Waals surface area contributed by atoms with Crippen molar-refractivity contribution in [1.82, 2.24) is 25.2 Å². The highest BCUT2D eigenvalue weighted by Gasteiger charge is 2.37. The maximum Gasteiger partial charge on any atom is 0.255 e. The van der Waals surface area contributed by atoms with Crippen molar-refractivity contribution in [2.45, 2.75) is 44.5 Å². The van der Waals surface area contributed by atoms with Crippen LogP contribution in [-0.4, -0.2) is 63.1 Å². The number of nitrogens with one attached hydrogen (secondary N) is 3. The molecule has 10 heteroatoms. The minimum atomic E-state index is -1.61. The highest BCUT2D eigenvalue weighted by atomic mass is 19.1. The van der Waals surface area contributed by atoms with E-state index in [9.17, 15) is 14.3 Å². The van der Waals surface area contributed by atoms with Gasteiger partial charge in [0.2, 0.25) is 0 Å². The fourth-order valence-corrected chi connectivity index (χ4v) is 5.18. The first-order valence-corrected chi connectivity index (χ1v) is 12.2. The molecule has 4 heterocycles. The average molecular weight is 492 g/mol. The lowest BCUT2D eigenvalue weighted by Crippen LogP contribution is -2.42. The Morgan fingerprint density at radius 3 is 2.75 bits per heavy atom. The van der Waals surface area contributed by atoms with Crippen LogP contribution < -0.4 is 16.0 Å². The largest absolute Gasteiger partial charge is 0.387 e. The van der Waals surface area contributed by atoms with Crippen LogP contribution >= 0.6 is 0 Å². The SMILES string of the molecule is CC(C)(O)[C@H](F)CNC(=O)c1cnc(-c2ccc3cc(C#N)cnn23)cc1N[C@H]1C[C@H]2CNC[C@H]2C1. The van der Waals surface area contributed by atoms with Gasteiger partial charge in [-0.25, -0.2) is 8.91 Å². The molecule has 0 spiro atoms. The fraction of sp³-hybridized carbons (Fsp3) is 0.462. The van der Waals surface area contributed by atoms with E-state index in [0.717, 1.165) is 37.1 Å². The Kier molecular flexibility index (Phi) is 6.36. The third-order valence-electron chi connectivity index (χ3n) is 7.26. The second-order valence-corrected chi connectivity index (χ2v) is 10.3. The van der Waals surface area contributed by atoms with Crippen molar-refractivity contribution in [3.05, 3.63) is 47.8 Å². The zero-order valence-corrected chi connectivity index (χ0v) is 20.3. The summed E-state index contributed by atoms with van der Waals surface area (Å²) in [5.41, 5.74) is 1.96. The van der Waals surface area contributed by atoms with E-state index in [1.165, 1.54) is 26.2 Å². The molecule has 3 aromatic heterocycles. The average Bonchev–Trinajstić information content (AvgIpc) is 3.56. The predicted octanol–water partition coefficient (Wildman–Crippen LogP) is 2.52. The Hall–Kier alpha value is -3.55. The summed E-state index contributed by atoms with van der Waals surface area (Å²) in [6.45, 7) is 4.46. The van der Waals surface area contributed by atoms with Gasteiger partial charge in [0.15, 0.2) is 0 Å². The van der Waals surface area contributed by atoms with Crippen molar-refractivity contribution in [1.29, 1.82) is 5.26 Å². The van der Waals surface area contributed by atoms with E-state index in [-0.39, 0.29) is 12.6 Å². The first-order valence-electron chi connectivity index (χ1n) is 12.2. The number of nitriles is 1. The van der Waals surface area contributed by atoms with Crippen molar-refractivity contribution in [3.63, 3.8) is 0 Å². The number of fused-ring (bicyclic) bond motifs is 2. The lowest BCUT2D eigenvalue weighted by Gasteiger charge is -2.23. The highest BCUT2D eigenvalue weighted by molar-refractivity contribution is 6.00. The maximum absolute atomic E-state index is 14.3. The number of pyridine rings is 1. The van der Waals surface area contributed by atoms with Crippen LogP contribution in [0.25, 0.3) is 16.9 Å². The van der Waals surface area contributed by atoms with Crippen molar-refractivity contribution in [3.8, 4) is 17.5 Å². The van der Waals surface area contributed by atoms with Gasteiger partial charge < -0.3 is 21.1 Å². The number of aromatic nitrogens is 3. The topological polar surface area (TPSA) is 127 Å². The van der Waals surface area contributed by atoms with E-state index < -0.39 is 17.7 Å². The van der Waals surface area contributed by atoms with Crippen LogP contribution in [0.2, 0.25) is 0 Å². The number of rotatable bonds is 7. The monoisotopic (exact) mass is 491 g/mol. The van der Waals surface area contributed by atoms with E-state index in [1.54, 1.807) is 10.6 Å². The van der Waals surface area contributed by atoms with E-state index >= 15 is 0 Å². The number of halogens is 1.